The summed E-state index contributed by atoms with van der Waals surface area (Å²) in [5.74, 6) is -1.54. The average molecular weight is 347 g/mol. The number of ketones is 2. The number of rotatable bonds is 4. The lowest BCUT2D eigenvalue weighted by molar-refractivity contribution is -0.153. The molecule has 1 N–H and O–H groups in total. The maximum atomic E-state index is 12.7. The van der Waals surface area contributed by atoms with Crippen LogP contribution in [0.1, 0.15) is 53.2 Å². The number of nitrogens with one attached hydrogen (secondary N) is 1. The molecule has 25 heavy (non-hydrogen) atoms. The lowest BCUT2D eigenvalue weighted by atomic mass is 9.95. The van der Waals surface area contributed by atoms with E-state index in [1.54, 1.807) is 4.57 Å². The first kappa shape index (κ1) is 17.0. The van der Waals surface area contributed by atoms with Crippen molar-refractivity contribution in [2.24, 2.45) is 0 Å². The van der Waals surface area contributed by atoms with Gasteiger partial charge in [-0.3, -0.25) is 14.4 Å². The first-order valence-electron chi connectivity index (χ1n) is 7.71. The number of imidazole rings is 1. The molecule has 0 unspecified atom stereocenters. The lowest BCUT2D eigenvalue weighted by Crippen LogP contribution is -2.33. The van der Waals surface area contributed by atoms with Crippen LogP contribution in [0.2, 0.25) is 0 Å². The number of allylic oxidation sites excluding steroid dienone is 2. The molecule has 0 bridgehead atoms. The van der Waals surface area contributed by atoms with Crippen LogP contribution in [-0.4, -0.2) is 46.7 Å². The van der Waals surface area contributed by atoms with Gasteiger partial charge in [0.25, 0.3) is 0 Å². The topological polar surface area (TPSA) is 117 Å². The van der Waals surface area contributed by atoms with Crippen molar-refractivity contribution in [1.82, 2.24) is 14.9 Å². The minimum Gasteiger partial charge on any atom is -0.452 e. The van der Waals surface area contributed by atoms with Gasteiger partial charge in [0.1, 0.15) is 18.0 Å². The summed E-state index contributed by atoms with van der Waals surface area (Å²) in [7, 11) is 1.38. The monoisotopic (exact) mass is 347 g/mol. The Morgan fingerprint density at radius 2 is 2.04 bits per heavy atom. The lowest BCUT2D eigenvalue weighted by Gasteiger charge is -2.16. The molecular formula is C16H17N3O6. The second-order valence-corrected chi connectivity index (χ2v) is 5.86. The molecule has 0 aromatic carbocycles. The van der Waals surface area contributed by atoms with Crippen LogP contribution in [-0.2, 0) is 25.6 Å². The quantitative estimate of drug-likeness (QED) is 0.779. The fourth-order valence-electron chi connectivity index (χ4n) is 3.03. The number of hydrogen-bond acceptors (Lipinski definition) is 7. The van der Waals surface area contributed by atoms with Crippen molar-refractivity contribution in [2.75, 3.05) is 13.7 Å². The second kappa shape index (κ2) is 6.25. The molecule has 1 atom stereocenters. The van der Waals surface area contributed by atoms with E-state index in [4.69, 9.17) is 9.47 Å². The predicted octanol–water partition coefficient (Wildman–Crippen LogP) is 0.307. The highest BCUT2D eigenvalue weighted by atomic mass is 16.6. The van der Waals surface area contributed by atoms with Crippen molar-refractivity contribution in [3.8, 4) is 0 Å². The Balaban J connectivity index is 1.97. The van der Waals surface area contributed by atoms with Crippen LogP contribution in [0.15, 0.2) is 11.3 Å². The van der Waals surface area contributed by atoms with E-state index in [0.717, 1.165) is 0 Å². The number of amides is 1. The number of hydrogen-bond donors (Lipinski definition) is 1. The van der Waals surface area contributed by atoms with Gasteiger partial charge in [0.2, 0.25) is 17.5 Å². The van der Waals surface area contributed by atoms with Gasteiger partial charge in [-0.2, -0.15) is 0 Å². The van der Waals surface area contributed by atoms with Gasteiger partial charge in [-0.15, -0.1) is 0 Å². The zero-order chi connectivity index (χ0) is 18.3. The fraction of sp³-hybridized carbons (Fsp3) is 0.438. The summed E-state index contributed by atoms with van der Waals surface area (Å²) in [5.41, 5.74) is 0.253. The molecule has 0 saturated carbocycles. The molecule has 2 heterocycles. The third-order valence-corrected chi connectivity index (χ3v) is 4.11. The third-order valence-electron chi connectivity index (χ3n) is 4.11. The molecule has 1 aliphatic heterocycles. The molecule has 1 aliphatic carbocycles. The number of methoxy groups -OCH3 is 1. The van der Waals surface area contributed by atoms with Crippen molar-refractivity contribution in [3.63, 3.8) is 0 Å². The first-order chi connectivity index (χ1) is 11.8. The molecule has 9 nitrogen and oxygen atoms in total. The molecule has 0 spiro atoms. The maximum absolute atomic E-state index is 12.7. The van der Waals surface area contributed by atoms with Crippen molar-refractivity contribution in [2.45, 2.75) is 32.9 Å². The van der Waals surface area contributed by atoms with Crippen LogP contribution < -0.4 is 5.32 Å². The highest BCUT2D eigenvalue weighted by Gasteiger charge is 2.40. The predicted molar refractivity (Wildman–Crippen MR) is 82.7 cm³/mol. The van der Waals surface area contributed by atoms with Gasteiger partial charge in [-0.1, -0.05) is 0 Å². The van der Waals surface area contributed by atoms with E-state index in [-0.39, 0.29) is 35.0 Å². The zero-order valence-electron chi connectivity index (χ0n) is 14.0. The maximum Gasteiger partial charge on any atom is 0.332 e. The summed E-state index contributed by atoms with van der Waals surface area (Å²) in [6.45, 7) is 2.96. The van der Waals surface area contributed by atoms with Crippen molar-refractivity contribution >= 4 is 23.4 Å². The van der Waals surface area contributed by atoms with E-state index < -0.39 is 23.8 Å². The number of aromatic nitrogens is 2. The Morgan fingerprint density at radius 1 is 1.32 bits per heavy atom. The number of nitrogens with zero attached hydrogens (tertiary/aromatic N) is 2. The smallest absolute Gasteiger partial charge is 0.332 e. The van der Waals surface area contributed by atoms with Gasteiger partial charge in [0, 0.05) is 32.6 Å². The van der Waals surface area contributed by atoms with Crippen LogP contribution in [0.25, 0.3) is 0 Å². The summed E-state index contributed by atoms with van der Waals surface area (Å²) in [6.07, 6.45) is -0.174. The van der Waals surface area contributed by atoms with Crippen LogP contribution in [0.4, 0.5) is 0 Å². The van der Waals surface area contributed by atoms with Gasteiger partial charge < -0.3 is 19.4 Å². The van der Waals surface area contributed by atoms with Crippen molar-refractivity contribution in [3.05, 3.63) is 28.5 Å². The SMILES string of the molecule is COCC(=O)O[C@H]1CCn2c1nc1c2C(=O)C(C)=C(NC(C)=O)C1=O. The number of fused-ring (bicyclic) bond motifs is 3. The molecule has 132 valence electrons. The second-order valence-electron chi connectivity index (χ2n) is 5.86. The van der Waals surface area contributed by atoms with Gasteiger partial charge in [-0.25, -0.2) is 9.78 Å². The number of ether oxygens (including phenoxy) is 2. The molecular weight excluding hydrogens is 330 g/mol. The van der Waals surface area contributed by atoms with E-state index in [1.165, 1.54) is 21.0 Å². The Morgan fingerprint density at radius 3 is 2.68 bits per heavy atom. The zero-order valence-corrected chi connectivity index (χ0v) is 14.0. The van der Waals surface area contributed by atoms with E-state index in [2.05, 4.69) is 10.3 Å². The van der Waals surface area contributed by atoms with Gasteiger partial charge in [0.05, 0.1) is 5.70 Å². The molecule has 1 aromatic rings. The van der Waals surface area contributed by atoms with Crippen molar-refractivity contribution < 1.29 is 28.7 Å². The van der Waals surface area contributed by atoms with Crippen molar-refractivity contribution in [1.29, 1.82) is 0 Å². The van der Waals surface area contributed by atoms with E-state index in [1.807, 2.05) is 0 Å². The minimum absolute atomic E-state index is 0.0261. The number of esters is 1. The Labute approximate surface area is 143 Å². The van der Waals surface area contributed by atoms with E-state index in [9.17, 15) is 19.2 Å². The molecule has 1 aromatic heterocycles. The molecule has 0 saturated heterocycles. The molecule has 3 rings (SSSR count). The van der Waals surface area contributed by atoms with Crippen LogP contribution in [0.5, 0.6) is 0 Å². The summed E-state index contributed by atoms with van der Waals surface area (Å²) in [6, 6.07) is 0. The summed E-state index contributed by atoms with van der Waals surface area (Å²) in [5, 5.41) is 2.40. The summed E-state index contributed by atoms with van der Waals surface area (Å²) < 4.78 is 11.6. The van der Waals surface area contributed by atoms with E-state index >= 15 is 0 Å². The van der Waals surface area contributed by atoms with Crippen LogP contribution >= 0.6 is 0 Å². The number of carbonyl (C=O) groups is 4. The fourth-order valence-corrected chi connectivity index (χ4v) is 3.03. The molecule has 1 amide bonds. The highest BCUT2D eigenvalue weighted by molar-refractivity contribution is 6.26. The Bertz CT molecular complexity index is 835. The Kier molecular flexibility index (Phi) is 4.25. The molecule has 2 aliphatic rings. The number of carbonyl (C=O) groups excluding carboxylic acids is 4. The first-order valence-corrected chi connectivity index (χ1v) is 7.71. The largest absolute Gasteiger partial charge is 0.452 e. The standard InChI is InChI=1S/C16H17N3O6/c1-7-11(17-8(2)20)15(23)12-13(14(7)22)19-5-4-9(16(19)18-12)25-10(21)6-24-3/h9H,4-6H2,1-3H3,(H,17,20)/t9-/m0/s1. The van der Waals surface area contributed by atoms with Crippen LogP contribution in [0, 0.1) is 0 Å². The summed E-state index contributed by atoms with van der Waals surface area (Å²) >= 11 is 0. The summed E-state index contributed by atoms with van der Waals surface area (Å²) in [4.78, 5) is 52.4. The third kappa shape index (κ3) is 2.76. The van der Waals surface area contributed by atoms with Gasteiger partial charge in [-0.05, 0) is 6.92 Å². The number of Topliss-reactive ketones (excluding diaryl/α,β-unsaturated/α-hetero) is 2. The van der Waals surface area contributed by atoms with E-state index in [0.29, 0.717) is 18.8 Å². The highest BCUT2D eigenvalue weighted by Crippen LogP contribution is 2.35. The Hall–Kier alpha value is -2.81. The molecule has 0 fully saturated rings. The molecule has 0 radical (unpaired) electrons. The molecule has 9 heteroatoms. The van der Waals surface area contributed by atoms with Crippen LogP contribution in [0.3, 0.4) is 0 Å². The normalized spacial score (nSPS) is 18.9. The minimum atomic E-state index is -0.640. The van der Waals surface area contributed by atoms with Gasteiger partial charge in [0.15, 0.2) is 11.9 Å². The average Bonchev–Trinajstić information content (AvgIpc) is 3.10. The van der Waals surface area contributed by atoms with Gasteiger partial charge >= 0.3 is 5.97 Å².